The van der Waals surface area contributed by atoms with E-state index in [1.807, 2.05) is 9.88 Å². The minimum absolute atomic E-state index is 0.113. The van der Waals surface area contributed by atoms with Crippen LogP contribution in [-0.4, -0.2) is 26.1 Å². The first-order valence-electron chi connectivity index (χ1n) is 12.6. The van der Waals surface area contributed by atoms with Gasteiger partial charge in [0.15, 0.2) is 0 Å². The van der Waals surface area contributed by atoms with Crippen molar-refractivity contribution < 1.29 is 9.59 Å². The van der Waals surface area contributed by atoms with Gasteiger partial charge in [-0.1, -0.05) is 49.2 Å². The normalized spacial score (nSPS) is 15.5. The molecule has 3 nitrogen and oxygen atoms in total. The summed E-state index contributed by atoms with van der Waals surface area (Å²) in [5.41, 5.74) is 13.0. The summed E-state index contributed by atoms with van der Waals surface area (Å²) in [7, 11) is 0. The average molecular weight is 551 g/mol. The maximum absolute atomic E-state index is 12.9. The second-order valence-corrected chi connectivity index (χ2v) is 12.5. The van der Waals surface area contributed by atoms with Gasteiger partial charge in [-0.3, -0.25) is 0 Å². The Balaban J connectivity index is 1.52. The van der Waals surface area contributed by atoms with Gasteiger partial charge in [0.05, 0.1) is 0 Å². The fourth-order valence-electron chi connectivity index (χ4n) is 5.77. The number of hydrogen-bond donors (Lipinski definition) is 0. The van der Waals surface area contributed by atoms with Crippen LogP contribution in [0.25, 0.3) is 6.08 Å². The zero-order valence-electron chi connectivity index (χ0n) is 22.0. The number of fused-ring (bicyclic) bond motifs is 3. The number of aryl methyl sites for hydroxylation is 4. The summed E-state index contributed by atoms with van der Waals surface area (Å²) < 4.78 is 0. The van der Waals surface area contributed by atoms with Gasteiger partial charge in [-0.25, -0.2) is 0 Å². The molecule has 0 amide bonds. The molecule has 1 aliphatic carbocycles. The molecular formula is C33H29NO2Se. The Labute approximate surface area is 224 Å². The molecule has 0 saturated heterocycles. The number of Topliss-reactive ketones (excluding diaryl/α,β-unsaturated/α-hetero) is 2. The molecule has 184 valence electrons. The number of nitrogens with zero attached hydrogens (tertiary/aromatic N) is 1. The molecule has 0 spiro atoms. The van der Waals surface area contributed by atoms with Gasteiger partial charge in [0.2, 0.25) is 0 Å². The Bertz CT molecular complexity index is 1600. The molecule has 37 heavy (non-hydrogen) atoms. The molecule has 1 aliphatic heterocycles. The molecule has 2 aliphatic rings. The molecular weight excluding hydrogens is 521 g/mol. The van der Waals surface area contributed by atoms with E-state index in [-0.39, 0.29) is 37.1 Å². The summed E-state index contributed by atoms with van der Waals surface area (Å²) in [4.78, 5) is 32.0. The van der Waals surface area contributed by atoms with Crippen LogP contribution in [0.15, 0.2) is 64.0 Å². The van der Waals surface area contributed by atoms with E-state index in [1.165, 1.54) is 33.6 Å². The minimum atomic E-state index is -0.136. The van der Waals surface area contributed by atoms with Gasteiger partial charge in [0, 0.05) is 5.41 Å². The van der Waals surface area contributed by atoms with E-state index in [9.17, 15) is 9.59 Å². The Morgan fingerprint density at radius 1 is 0.703 bits per heavy atom. The van der Waals surface area contributed by atoms with Crippen molar-refractivity contribution in [2.45, 2.75) is 47.0 Å². The third-order valence-corrected chi connectivity index (χ3v) is 9.46. The van der Waals surface area contributed by atoms with Crippen LogP contribution >= 0.6 is 0 Å². The Kier molecular flexibility index (Phi) is 5.35. The molecule has 3 aromatic carbocycles. The molecule has 4 heteroatoms. The van der Waals surface area contributed by atoms with E-state index in [4.69, 9.17) is 0 Å². The summed E-state index contributed by atoms with van der Waals surface area (Å²) in [5, 5.41) is 0. The number of hydrogen-bond acceptors (Lipinski definition) is 3. The first kappa shape index (κ1) is 23.9. The molecule has 0 saturated carbocycles. The maximum atomic E-state index is 12.9. The molecule has 2 heterocycles. The number of carbonyl (C=O) groups excluding carboxylic acids is 2. The summed E-state index contributed by atoms with van der Waals surface area (Å²) in [6.07, 6.45) is 1.79. The fraction of sp³-hybridized carbons (Fsp3) is 0.212. The van der Waals surface area contributed by atoms with Gasteiger partial charge in [-0.15, -0.1) is 0 Å². The zero-order valence-corrected chi connectivity index (χ0v) is 23.7. The SMILES string of the molecule is Cc1ccc2c(c1)C(C)(C)c1cc(C)ccc1N2c1cc(C)c(C=C2C(=O)c3c[se]cc3C2=O)cc1C. The van der Waals surface area contributed by atoms with E-state index in [1.54, 1.807) is 6.08 Å². The number of rotatable bonds is 2. The standard InChI is InChI=1S/C33H29NO2Se/c1-18-7-9-28-26(11-18)33(5,6)27-12-19(2)8-10-29(27)34(28)30-14-20(3)22(13-21(30)4)15-23-31(35)24-16-37-17-25(24)32(23)36/h7-17H,1-6H3. The van der Waals surface area contributed by atoms with Crippen molar-refractivity contribution in [1.82, 2.24) is 0 Å². The number of anilines is 3. The number of benzene rings is 3. The van der Waals surface area contributed by atoms with E-state index >= 15 is 0 Å². The quantitative estimate of drug-likeness (QED) is 0.147. The van der Waals surface area contributed by atoms with Crippen LogP contribution < -0.4 is 4.90 Å². The molecule has 0 bridgehead atoms. The van der Waals surface area contributed by atoms with E-state index in [2.05, 4.69) is 95.0 Å². The van der Waals surface area contributed by atoms with Crippen LogP contribution in [0.5, 0.6) is 0 Å². The Morgan fingerprint density at radius 2 is 1.24 bits per heavy atom. The molecule has 0 N–H and O–H groups in total. The van der Waals surface area contributed by atoms with Crippen molar-refractivity contribution >= 4 is 49.2 Å². The van der Waals surface area contributed by atoms with Crippen molar-refractivity contribution in [1.29, 1.82) is 0 Å². The average Bonchev–Trinajstić information content (AvgIpc) is 3.42. The monoisotopic (exact) mass is 551 g/mol. The van der Waals surface area contributed by atoms with E-state index < -0.39 is 0 Å². The van der Waals surface area contributed by atoms with Crippen molar-refractivity contribution in [3.05, 3.63) is 114 Å². The van der Waals surface area contributed by atoms with E-state index in [0.29, 0.717) is 11.1 Å². The third-order valence-electron chi connectivity index (χ3n) is 7.90. The zero-order chi connectivity index (χ0) is 26.2. The van der Waals surface area contributed by atoms with Crippen LogP contribution in [0.1, 0.15) is 73.5 Å². The summed E-state index contributed by atoms with van der Waals surface area (Å²) in [6, 6.07) is 17.8. The van der Waals surface area contributed by atoms with Gasteiger partial charge in [-0.05, 0) is 13.8 Å². The van der Waals surface area contributed by atoms with Crippen LogP contribution in [0.2, 0.25) is 0 Å². The van der Waals surface area contributed by atoms with Crippen LogP contribution in [0.3, 0.4) is 0 Å². The summed E-state index contributed by atoms with van der Waals surface area (Å²) in [5.74, 6) is -0.271. The predicted molar refractivity (Wildman–Crippen MR) is 152 cm³/mol. The van der Waals surface area contributed by atoms with Gasteiger partial charge < -0.3 is 0 Å². The van der Waals surface area contributed by atoms with Crippen LogP contribution in [0.4, 0.5) is 17.1 Å². The second kappa shape index (κ2) is 8.28. The van der Waals surface area contributed by atoms with Crippen molar-refractivity contribution in [3.8, 4) is 0 Å². The first-order valence-corrected chi connectivity index (χ1v) is 14.6. The molecule has 0 radical (unpaired) electrons. The number of carbonyl (C=O) groups is 2. The first-order chi connectivity index (χ1) is 17.6. The third kappa shape index (κ3) is 3.54. The summed E-state index contributed by atoms with van der Waals surface area (Å²) >= 11 is 0.113. The number of allylic oxidation sites excluding steroid dienone is 1. The van der Waals surface area contributed by atoms with Crippen molar-refractivity contribution in [2.75, 3.05) is 4.90 Å². The number of ketones is 2. The van der Waals surface area contributed by atoms with E-state index in [0.717, 1.165) is 22.4 Å². The molecule has 6 rings (SSSR count). The fourth-order valence-corrected chi connectivity index (χ4v) is 7.47. The summed E-state index contributed by atoms with van der Waals surface area (Å²) in [6.45, 7) is 13.1. The molecule has 1 aromatic heterocycles. The van der Waals surface area contributed by atoms with Gasteiger partial charge in [-0.2, -0.15) is 0 Å². The van der Waals surface area contributed by atoms with Gasteiger partial charge in [0.25, 0.3) is 0 Å². The van der Waals surface area contributed by atoms with Gasteiger partial charge >= 0.3 is 156 Å². The predicted octanol–water partition coefficient (Wildman–Crippen LogP) is 7.55. The molecule has 0 unspecified atom stereocenters. The van der Waals surface area contributed by atoms with Crippen molar-refractivity contribution in [3.63, 3.8) is 0 Å². The van der Waals surface area contributed by atoms with Crippen LogP contribution in [0, 0.1) is 27.7 Å². The molecule has 0 atom stereocenters. The van der Waals surface area contributed by atoms with Crippen LogP contribution in [-0.2, 0) is 5.41 Å². The Hall–Kier alpha value is -3.46. The molecule has 4 aromatic rings. The topological polar surface area (TPSA) is 37.4 Å². The molecule has 0 fully saturated rings. The second-order valence-electron chi connectivity index (χ2n) is 10.9. The Morgan fingerprint density at radius 3 is 1.78 bits per heavy atom. The van der Waals surface area contributed by atoms with Gasteiger partial charge in [0.1, 0.15) is 0 Å². The van der Waals surface area contributed by atoms with Crippen molar-refractivity contribution in [2.24, 2.45) is 0 Å².